The SMILES string of the molecule is Cc1[nH]c2c(-c3ccccc3)c(C(F)(F)F)nn2c(=O)c1-c1nnc(C2COCCN2)o1. The maximum absolute atomic E-state index is 13.8. The van der Waals surface area contributed by atoms with Crippen molar-refractivity contribution in [3.8, 4) is 22.6 Å². The van der Waals surface area contributed by atoms with Crippen LogP contribution in [0.15, 0.2) is 39.5 Å². The zero-order valence-corrected chi connectivity index (χ0v) is 16.7. The summed E-state index contributed by atoms with van der Waals surface area (Å²) < 4.78 is 53.1. The topological polar surface area (TPSA) is 110 Å². The van der Waals surface area contributed by atoms with Crippen molar-refractivity contribution in [3.05, 3.63) is 58.0 Å². The van der Waals surface area contributed by atoms with Crippen LogP contribution in [0.3, 0.4) is 0 Å². The van der Waals surface area contributed by atoms with Gasteiger partial charge < -0.3 is 19.5 Å². The smallest absolute Gasteiger partial charge is 0.419 e. The molecule has 4 aromatic rings. The number of morpholine rings is 1. The van der Waals surface area contributed by atoms with Crippen LogP contribution >= 0.6 is 0 Å². The number of aryl methyl sites for hydroxylation is 1. The van der Waals surface area contributed by atoms with E-state index in [-0.39, 0.29) is 45.9 Å². The number of alkyl halides is 3. The van der Waals surface area contributed by atoms with E-state index in [1.807, 2.05) is 0 Å². The predicted molar refractivity (Wildman–Crippen MR) is 106 cm³/mol. The van der Waals surface area contributed by atoms with Gasteiger partial charge in [0.25, 0.3) is 11.4 Å². The first-order valence-corrected chi connectivity index (χ1v) is 9.77. The molecule has 0 bridgehead atoms. The van der Waals surface area contributed by atoms with Crippen LogP contribution in [0.1, 0.15) is 23.3 Å². The largest absolute Gasteiger partial charge is 0.435 e. The molecule has 1 atom stereocenters. The summed E-state index contributed by atoms with van der Waals surface area (Å²) in [5.41, 5.74) is -1.74. The molecule has 3 aromatic heterocycles. The molecule has 0 aliphatic carbocycles. The quantitative estimate of drug-likeness (QED) is 0.498. The van der Waals surface area contributed by atoms with Gasteiger partial charge >= 0.3 is 6.18 Å². The number of benzene rings is 1. The van der Waals surface area contributed by atoms with Crippen molar-refractivity contribution < 1.29 is 22.3 Å². The summed E-state index contributed by atoms with van der Waals surface area (Å²) in [5, 5.41) is 14.7. The van der Waals surface area contributed by atoms with Crippen molar-refractivity contribution in [2.75, 3.05) is 19.8 Å². The molecule has 1 unspecified atom stereocenters. The highest BCUT2D eigenvalue weighted by atomic mass is 19.4. The summed E-state index contributed by atoms with van der Waals surface area (Å²) in [5.74, 6) is 0.110. The average Bonchev–Trinajstić information content (AvgIpc) is 3.40. The van der Waals surface area contributed by atoms with Gasteiger partial charge in [-0.05, 0) is 12.5 Å². The van der Waals surface area contributed by atoms with Gasteiger partial charge in [0.15, 0.2) is 5.69 Å². The van der Waals surface area contributed by atoms with Crippen LogP contribution in [-0.2, 0) is 10.9 Å². The Kier molecular flexibility index (Phi) is 4.82. The van der Waals surface area contributed by atoms with Gasteiger partial charge in [0.2, 0.25) is 5.89 Å². The molecule has 1 aromatic carbocycles. The second-order valence-electron chi connectivity index (χ2n) is 7.31. The van der Waals surface area contributed by atoms with Crippen molar-refractivity contribution in [1.82, 2.24) is 30.1 Å². The number of hydrogen-bond acceptors (Lipinski definition) is 7. The third-order valence-corrected chi connectivity index (χ3v) is 5.18. The molecular weight excluding hydrogens is 429 g/mol. The Bertz CT molecular complexity index is 1340. The molecule has 0 amide bonds. The van der Waals surface area contributed by atoms with Crippen LogP contribution < -0.4 is 10.9 Å². The molecule has 12 heteroatoms. The third-order valence-electron chi connectivity index (χ3n) is 5.18. The van der Waals surface area contributed by atoms with Crippen molar-refractivity contribution in [3.63, 3.8) is 0 Å². The lowest BCUT2D eigenvalue weighted by molar-refractivity contribution is -0.140. The minimum atomic E-state index is -4.77. The Morgan fingerprint density at radius 1 is 1.16 bits per heavy atom. The molecule has 32 heavy (non-hydrogen) atoms. The number of ether oxygens (including phenoxy) is 1. The monoisotopic (exact) mass is 446 g/mol. The number of hydrogen-bond donors (Lipinski definition) is 2. The Balaban J connectivity index is 1.69. The minimum absolute atomic E-state index is 0.0520. The number of aromatic nitrogens is 5. The second-order valence-corrected chi connectivity index (χ2v) is 7.31. The van der Waals surface area contributed by atoms with Crippen LogP contribution in [0.4, 0.5) is 13.2 Å². The third kappa shape index (κ3) is 3.37. The molecule has 1 saturated heterocycles. The number of H-pyrrole nitrogens is 1. The van der Waals surface area contributed by atoms with Crippen LogP contribution in [0.5, 0.6) is 0 Å². The van der Waals surface area contributed by atoms with Gasteiger partial charge in [0.05, 0.1) is 18.8 Å². The molecular formula is C20H17F3N6O3. The molecule has 0 spiro atoms. The van der Waals surface area contributed by atoms with Crippen molar-refractivity contribution in [1.29, 1.82) is 0 Å². The summed E-state index contributed by atoms with van der Waals surface area (Å²) >= 11 is 0. The summed E-state index contributed by atoms with van der Waals surface area (Å²) in [6.07, 6.45) is -4.77. The van der Waals surface area contributed by atoms with Gasteiger partial charge in [0, 0.05) is 12.2 Å². The highest BCUT2D eigenvalue weighted by Gasteiger charge is 2.39. The Labute approximate surface area is 178 Å². The molecule has 1 fully saturated rings. The van der Waals surface area contributed by atoms with E-state index in [4.69, 9.17) is 9.15 Å². The first-order valence-electron chi connectivity index (χ1n) is 9.77. The lowest BCUT2D eigenvalue weighted by atomic mass is 10.1. The Morgan fingerprint density at radius 2 is 1.94 bits per heavy atom. The molecule has 1 aliphatic rings. The van der Waals surface area contributed by atoms with Gasteiger partial charge in [-0.15, -0.1) is 10.2 Å². The first kappa shape index (κ1) is 20.4. The van der Waals surface area contributed by atoms with Gasteiger partial charge in [-0.2, -0.15) is 22.8 Å². The molecule has 1 aliphatic heterocycles. The lowest BCUT2D eigenvalue weighted by Crippen LogP contribution is -2.34. The van der Waals surface area contributed by atoms with E-state index in [1.54, 1.807) is 25.1 Å². The highest BCUT2D eigenvalue weighted by Crippen LogP contribution is 2.38. The van der Waals surface area contributed by atoms with E-state index < -0.39 is 17.4 Å². The number of halogens is 3. The van der Waals surface area contributed by atoms with Crippen molar-refractivity contribution in [2.24, 2.45) is 0 Å². The summed E-state index contributed by atoms with van der Waals surface area (Å²) in [6.45, 7) is 3.03. The fourth-order valence-corrected chi connectivity index (χ4v) is 3.72. The molecule has 0 radical (unpaired) electrons. The number of nitrogens with zero attached hydrogens (tertiary/aromatic N) is 4. The molecule has 2 N–H and O–H groups in total. The van der Waals surface area contributed by atoms with Crippen LogP contribution in [0.2, 0.25) is 0 Å². The average molecular weight is 446 g/mol. The van der Waals surface area contributed by atoms with E-state index in [2.05, 4.69) is 25.6 Å². The summed E-state index contributed by atoms with van der Waals surface area (Å²) in [7, 11) is 0. The maximum atomic E-state index is 13.8. The maximum Gasteiger partial charge on any atom is 0.435 e. The molecule has 9 nitrogen and oxygen atoms in total. The number of aromatic amines is 1. The van der Waals surface area contributed by atoms with Crippen LogP contribution in [0, 0.1) is 6.92 Å². The number of rotatable bonds is 3. The highest BCUT2D eigenvalue weighted by molar-refractivity contribution is 5.81. The summed E-state index contributed by atoms with van der Waals surface area (Å²) in [6, 6.07) is 7.63. The minimum Gasteiger partial charge on any atom is -0.419 e. The lowest BCUT2D eigenvalue weighted by Gasteiger charge is -2.20. The van der Waals surface area contributed by atoms with E-state index in [0.29, 0.717) is 24.3 Å². The van der Waals surface area contributed by atoms with Gasteiger partial charge in [-0.25, -0.2) is 0 Å². The zero-order valence-electron chi connectivity index (χ0n) is 16.7. The van der Waals surface area contributed by atoms with E-state index >= 15 is 0 Å². The molecule has 166 valence electrons. The number of nitrogens with one attached hydrogen (secondary N) is 2. The van der Waals surface area contributed by atoms with Gasteiger partial charge in [0.1, 0.15) is 17.3 Å². The fraction of sp³-hybridized carbons (Fsp3) is 0.300. The van der Waals surface area contributed by atoms with Crippen molar-refractivity contribution >= 4 is 5.65 Å². The number of fused-ring (bicyclic) bond motifs is 1. The van der Waals surface area contributed by atoms with E-state index in [0.717, 1.165) is 0 Å². The standard InChI is InChI=1S/C20H17F3N6O3/c1-10-13(18-27-26-17(32-18)12-9-31-8-7-24-12)19(30)29-16(25-10)14(11-5-3-2-4-6-11)15(28-29)20(21,22)23/h2-6,12,24-25H,7-9H2,1H3. The first-order chi connectivity index (χ1) is 15.3. The molecule has 5 rings (SSSR count). The van der Waals surface area contributed by atoms with Gasteiger partial charge in [-0.3, -0.25) is 4.79 Å². The van der Waals surface area contributed by atoms with Crippen molar-refractivity contribution in [2.45, 2.75) is 19.1 Å². The van der Waals surface area contributed by atoms with Crippen LogP contribution in [-0.4, -0.2) is 44.6 Å². The Hall–Kier alpha value is -3.51. The second kappa shape index (κ2) is 7.57. The molecule has 4 heterocycles. The molecule has 0 saturated carbocycles. The van der Waals surface area contributed by atoms with E-state index in [9.17, 15) is 18.0 Å². The normalized spacial score (nSPS) is 17.2. The van der Waals surface area contributed by atoms with Crippen LogP contribution in [0.25, 0.3) is 28.2 Å². The predicted octanol–water partition coefficient (Wildman–Crippen LogP) is 2.73. The summed E-state index contributed by atoms with van der Waals surface area (Å²) in [4.78, 5) is 16.1. The van der Waals surface area contributed by atoms with E-state index in [1.165, 1.54) is 12.1 Å². The zero-order chi connectivity index (χ0) is 22.5. The fourth-order valence-electron chi connectivity index (χ4n) is 3.72. The van der Waals surface area contributed by atoms with Gasteiger partial charge in [-0.1, -0.05) is 30.3 Å². The Morgan fingerprint density at radius 3 is 2.62 bits per heavy atom.